The molecule has 3 aliphatic heterocycles. The van der Waals surface area contributed by atoms with Crippen LogP contribution in [0.15, 0.2) is 12.1 Å². The van der Waals surface area contributed by atoms with Gasteiger partial charge in [-0.05, 0) is 31.5 Å². The van der Waals surface area contributed by atoms with Crippen LogP contribution >= 0.6 is 11.6 Å². The van der Waals surface area contributed by atoms with Crippen molar-refractivity contribution in [1.29, 1.82) is 0 Å². The van der Waals surface area contributed by atoms with Crippen LogP contribution < -0.4 is 4.74 Å². The molecule has 90 valence electrons. The van der Waals surface area contributed by atoms with Gasteiger partial charge in [0.1, 0.15) is 17.0 Å². The molecule has 0 aromatic carbocycles. The largest absolute Gasteiger partial charge is 0.488 e. The molecule has 1 aromatic heterocycles. The Bertz CT molecular complexity index is 478. The Balaban J connectivity index is 1.77. The Hall–Kier alpha value is -0.800. The third kappa shape index (κ3) is 1.42. The Kier molecular flexibility index (Phi) is 2.01. The Morgan fingerprint density at radius 2 is 2.35 bits per heavy atom. The molecule has 17 heavy (non-hydrogen) atoms. The van der Waals surface area contributed by atoms with Crippen LogP contribution in [0.4, 0.5) is 0 Å². The summed E-state index contributed by atoms with van der Waals surface area (Å²) in [7, 11) is 0. The number of fused-ring (bicyclic) bond motifs is 2. The minimum absolute atomic E-state index is 0.308. The average Bonchev–Trinajstić information content (AvgIpc) is 2.64. The minimum Gasteiger partial charge on any atom is -0.488 e. The predicted octanol–water partition coefficient (Wildman–Crippen LogP) is 2.13. The Morgan fingerprint density at radius 3 is 3.29 bits per heavy atom. The van der Waals surface area contributed by atoms with Crippen molar-refractivity contribution in [1.82, 2.24) is 9.88 Å². The molecular formula is C13H15ClN2O. The lowest BCUT2D eigenvalue weighted by atomic mass is 9.73. The lowest BCUT2D eigenvalue weighted by Gasteiger charge is -2.44. The number of rotatable bonds is 0. The lowest BCUT2D eigenvalue weighted by Crippen LogP contribution is -2.50. The fraction of sp³-hybridized carbons (Fsp3) is 0.615. The van der Waals surface area contributed by atoms with Crippen molar-refractivity contribution in [2.75, 3.05) is 19.6 Å². The molecule has 1 unspecified atom stereocenters. The quantitative estimate of drug-likeness (QED) is 0.660. The van der Waals surface area contributed by atoms with Crippen LogP contribution in [-0.4, -0.2) is 35.6 Å². The molecule has 3 aliphatic rings. The summed E-state index contributed by atoms with van der Waals surface area (Å²) in [5.41, 5.74) is 1.36. The molecule has 0 amide bonds. The van der Waals surface area contributed by atoms with E-state index in [1.807, 2.05) is 12.1 Å². The summed E-state index contributed by atoms with van der Waals surface area (Å²) >= 11 is 5.97. The van der Waals surface area contributed by atoms with Gasteiger partial charge in [0.15, 0.2) is 0 Å². The molecule has 2 fully saturated rings. The van der Waals surface area contributed by atoms with Gasteiger partial charge in [-0.3, -0.25) is 0 Å². The van der Waals surface area contributed by atoms with E-state index in [1.165, 1.54) is 26.1 Å². The summed E-state index contributed by atoms with van der Waals surface area (Å²) in [5, 5.41) is 0.577. The molecule has 0 N–H and O–H groups in total. The van der Waals surface area contributed by atoms with Gasteiger partial charge in [0.25, 0.3) is 0 Å². The van der Waals surface area contributed by atoms with Gasteiger partial charge in [0, 0.05) is 24.9 Å². The fourth-order valence-electron chi connectivity index (χ4n) is 3.67. The number of aromatic nitrogens is 1. The van der Waals surface area contributed by atoms with Crippen LogP contribution in [0.5, 0.6) is 5.75 Å². The summed E-state index contributed by atoms with van der Waals surface area (Å²) < 4.78 is 6.16. The molecular weight excluding hydrogens is 236 g/mol. The smallest absolute Gasteiger partial charge is 0.141 e. The van der Waals surface area contributed by atoms with Gasteiger partial charge in [0.05, 0.1) is 5.69 Å². The zero-order valence-electron chi connectivity index (χ0n) is 9.66. The third-order valence-corrected chi connectivity index (χ3v) is 4.75. The number of piperidine rings is 1. The molecule has 0 aliphatic carbocycles. The maximum atomic E-state index is 6.16. The van der Waals surface area contributed by atoms with Crippen molar-refractivity contribution in [2.24, 2.45) is 5.41 Å². The van der Waals surface area contributed by atoms with E-state index in [9.17, 15) is 0 Å². The summed E-state index contributed by atoms with van der Waals surface area (Å²) in [5.74, 6) is 0.949. The van der Waals surface area contributed by atoms with E-state index in [2.05, 4.69) is 9.88 Å². The van der Waals surface area contributed by atoms with Crippen molar-refractivity contribution in [3.05, 3.63) is 23.0 Å². The average molecular weight is 251 g/mol. The molecule has 0 radical (unpaired) electrons. The van der Waals surface area contributed by atoms with Crippen molar-refractivity contribution >= 4 is 11.6 Å². The third-order valence-electron chi connectivity index (χ3n) is 4.54. The highest BCUT2D eigenvalue weighted by molar-refractivity contribution is 6.29. The number of halogens is 1. The van der Waals surface area contributed by atoms with Gasteiger partial charge in [0.2, 0.25) is 0 Å². The highest BCUT2D eigenvalue weighted by Crippen LogP contribution is 2.48. The Labute approximate surface area is 106 Å². The van der Waals surface area contributed by atoms with Crippen LogP contribution in [0.25, 0.3) is 0 Å². The van der Waals surface area contributed by atoms with E-state index in [-0.39, 0.29) is 0 Å². The lowest BCUT2D eigenvalue weighted by molar-refractivity contribution is -0.00191. The van der Waals surface area contributed by atoms with Crippen LogP contribution in [0.3, 0.4) is 0 Å². The summed E-state index contributed by atoms with van der Waals surface area (Å²) in [6.07, 6.45) is 3.81. The summed E-state index contributed by atoms with van der Waals surface area (Å²) in [6, 6.07) is 3.79. The van der Waals surface area contributed by atoms with E-state index in [0.717, 1.165) is 24.3 Å². The molecule has 0 saturated carbocycles. The SMILES string of the molecule is Clc1ccc2c(n1)C[C@@]13CC[N@](CCC1O2)C3. The topological polar surface area (TPSA) is 25.4 Å². The number of hydrogen-bond donors (Lipinski definition) is 0. The summed E-state index contributed by atoms with van der Waals surface area (Å²) in [4.78, 5) is 6.99. The highest BCUT2D eigenvalue weighted by atomic mass is 35.5. The molecule has 4 heterocycles. The van der Waals surface area contributed by atoms with Crippen LogP contribution in [0.2, 0.25) is 5.15 Å². The minimum atomic E-state index is 0.308. The van der Waals surface area contributed by atoms with E-state index in [4.69, 9.17) is 16.3 Å². The maximum Gasteiger partial charge on any atom is 0.141 e. The van der Waals surface area contributed by atoms with Crippen molar-refractivity contribution in [2.45, 2.75) is 25.4 Å². The first-order valence-electron chi connectivity index (χ1n) is 6.30. The van der Waals surface area contributed by atoms with Crippen LogP contribution in [-0.2, 0) is 6.42 Å². The molecule has 1 aromatic rings. The van der Waals surface area contributed by atoms with Gasteiger partial charge < -0.3 is 9.64 Å². The molecule has 2 bridgehead atoms. The van der Waals surface area contributed by atoms with E-state index in [1.54, 1.807) is 0 Å². The van der Waals surface area contributed by atoms with Gasteiger partial charge in [-0.2, -0.15) is 0 Å². The fourth-order valence-corrected chi connectivity index (χ4v) is 3.83. The second-order valence-electron chi connectivity index (χ2n) is 5.54. The zero-order valence-corrected chi connectivity index (χ0v) is 10.4. The van der Waals surface area contributed by atoms with Gasteiger partial charge >= 0.3 is 0 Å². The van der Waals surface area contributed by atoms with E-state index in [0.29, 0.717) is 16.7 Å². The molecule has 3 nitrogen and oxygen atoms in total. The molecule has 4 rings (SSSR count). The van der Waals surface area contributed by atoms with Crippen LogP contribution in [0.1, 0.15) is 18.5 Å². The first-order valence-corrected chi connectivity index (χ1v) is 6.67. The summed E-state index contributed by atoms with van der Waals surface area (Å²) in [6.45, 7) is 3.57. The standard InChI is InChI=1S/C13H15ClN2O/c14-12-2-1-10-9(15-12)7-13-4-6-16(8-13)5-3-11(13)17-10/h1-2,11H,3-8H2/t11?,13-/m1/s1. The van der Waals surface area contributed by atoms with Gasteiger partial charge in [-0.25, -0.2) is 4.98 Å². The van der Waals surface area contributed by atoms with Crippen molar-refractivity contribution < 1.29 is 4.74 Å². The second kappa shape index (κ2) is 3.36. The number of nitrogens with zero attached hydrogens (tertiary/aromatic N) is 2. The Morgan fingerprint density at radius 1 is 1.41 bits per heavy atom. The van der Waals surface area contributed by atoms with Crippen LogP contribution in [0, 0.1) is 5.41 Å². The number of hydrogen-bond acceptors (Lipinski definition) is 3. The predicted molar refractivity (Wildman–Crippen MR) is 65.5 cm³/mol. The molecule has 3 atom stereocenters. The highest BCUT2D eigenvalue weighted by Gasteiger charge is 2.51. The maximum absolute atomic E-state index is 6.16. The first-order chi connectivity index (χ1) is 8.25. The van der Waals surface area contributed by atoms with Gasteiger partial charge in [-0.15, -0.1) is 0 Å². The van der Waals surface area contributed by atoms with Crippen molar-refractivity contribution in [3.63, 3.8) is 0 Å². The zero-order chi connectivity index (χ0) is 11.5. The van der Waals surface area contributed by atoms with Crippen molar-refractivity contribution in [3.8, 4) is 5.75 Å². The second-order valence-corrected chi connectivity index (χ2v) is 5.93. The normalized spacial score (nSPS) is 38.2. The molecule has 1 spiro atoms. The monoisotopic (exact) mass is 250 g/mol. The molecule has 2 saturated heterocycles. The van der Waals surface area contributed by atoms with E-state index < -0.39 is 0 Å². The van der Waals surface area contributed by atoms with Gasteiger partial charge in [-0.1, -0.05) is 11.6 Å². The van der Waals surface area contributed by atoms with E-state index >= 15 is 0 Å². The molecule has 4 heteroatoms. The first kappa shape index (κ1) is 10.2. The number of ether oxygens (including phenoxy) is 1. The number of pyridine rings is 1.